The molecule has 1 aromatic heterocycles. The highest BCUT2D eigenvalue weighted by Crippen LogP contribution is 2.40. The first-order chi connectivity index (χ1) is 24.2. The Morgan fingerprint density at radius 1 is 1.00 bits per heavy atom. The number of hydrogen-bond donors (Lipinski definition) is 2. The molecule has 2 aliphatic heterocycles. The molecule has 1 saturated heterocycles. The molecular weight excluding hydrogens is 648 g/mol. The molecule has 0 unspecified atom stereocenters. The summed E-state index contributed by atoms with van der Waals surface area (Å²) in [6.07, 6.45) is 1.54. The highest BCUT2D eigenvalue weighted by atomic mass is 19.1. The summed E-state index contributed by atoms with van der Waals surface area (Å²) in [4.78, 5) is 28.6. The fraction of sp³-hybridized carbons (Fsp3) is 0.325. The lowest BCUT2D eigenvalue weighted by Gasteiger charge is -2.40. The Labute approximate surface area is 298 Å². The molecule has 3 aromatic carbocycles. The Kier molecular flexibility index (Phi) is 9.75. The Morgan fingerprint density at radius 3 is 2.31 bits per heavy atom. The van der Waals surface area contributed by atoms with E-state index in [1.165, 1.54) is 6.07 Å². The third-order valence-corrected chi connectivity index (χ3v) is 9.27. The number of carbonyl (C=O) groups is 1. The predicted octanol–water partition coefficient (Wildman–Crippen LogP) is 8.67. The second-order valence-electron chi connectivity index (χ2n) is 14.2. The van der Waals surface area contributed by atoms with Gasteiger partial charge in [0.1, 0.15) is 22.9 Å². The lowest BCUT2D eigenvalue weighted by atomic mass is 9.97. The van der Waals surface area contributed by atoms with Gasteiger partial charge in [-0.15, -0.1) is 0 Å². The number of carbonyl (C=O) groups excluding carboxylic acids is 1. The maximum atomic E-state index is 15.3. The highest BCUT2D eigenvalue weighted by molar-refractivity contribution is 6.02. The number of hydrogen-bond acceptors (Lipinski definition) is 7. The number of aromatic nitrogens is 2. The van der Waals surface area contributed by atoms with Crippen molar-refractivity contribution >= 4 is 34.9 Å². The highest BCUT2D eigenvalue weighted by Gasteiger charge is 2.36. The van der Waals surface area contributed by atoms with Crippen molar-refractivity contribution in [3.8, 4) is 11.3 Å². The number of anilines is 4. The van der Waals surface area contributed by atoms with E-state index in [0.29, 0.717) is 41.9 Å². The molecule has 51 heavy (non-hydrogen) atoms. The summed E-state index contributed by atoms with van der Waals surface area (Å²) in [5.74, 6) is -0.644. The van der Waals surface area contributed by atoms with Crippen LogP contribution >= 0.6 is 0 Å². The molecule has 11 heteroatoms. The summed E-state index contributed by atoms with van der Waals surface area (Å²) in [6.45, 7) is 19.7. The second kappa shape index (κ2) is 14.0. The summed E-state index contributed by atoms with van der Waals surface area (Å²) in [6, 6.07) is 17.0. The molecule has 0 aliphatic carbocycles. The topological polar surface area (TPSA) is 85.9 Å². The first-order valence-electron chi connectivity index (χ1n) is 17.1. The molecule has 2 N–H and O–H groups in total. The number of aryl methyl sites for hydroxylation is 2. The summed E-state index contributed by atoms with van der Waals surface area (Å²) in [7, 11) is 1.98. The number of urea groups is 1. The van der Waals surface area contributed by atoms with Crippen molar-refractivity contribution in [2.75, 3.05) is 35.3 Å². The summed E-state index contributed by atoms with van der Waals surface area (Å²) in [5, 5.41) is 6.18. The van der Waals surface area contributed by atoms with Crippen molar-refractivity contribution in [3.63, 3.8) is 0 Å². The van der Waals surface area contributed by atoms with Crippen LogP contribution < -0.4 is 20.4 Å². The van der Waals surface area contributed by atoms with Crippen molar-refractivity contribution < 1.29 is 18.3 Å². The number of rotatable bonds is 9. The molecule has 2 amide bonds. The van der Waals surface area contributed by atoms with Gasteiger partial charge in [-0.3, -0.25) is 0 Å². The summed E-state index contributed by atoms with van der Waals surface area (Å²) < 4.78 is 36.7. The van der Waals surface area contributed by atoms with E-state index in [0.717, 1.165) is 57.8 Å². The average Bonchev–Trinajstić information content (AvgIpc) is 3.08. The fourth-order valence-electron chi connectivity index (χ4n) is 6.45. The Balaban J connectivity index is 1.41. The van der Waals surface area contributed by atoms with Gasteiger partial charge in [-0.1, -0.05) is 42.5 Å². The van der Waals surface area contributed by atoms with Crippen molar-refractivity contribution in [1.29, 1.82) is 0 Å². The largest absolute Gasteiger partial charge is 0.474 e. The van der Waals surface area contributed by atoms with Gasteiger partial charge in [-0.25, -0.2) is 23.5 Å². The molecule has 0 saturated carbocycles. The number of halogens is 2. The van der Waals surface area contributed by atoms with Crippen LogP contribution in [0.25, 0.3) is 17.0 Å². The second-order valence-corrected chi connectivity index (χ2v) is 14.2. The van der Waals surface area contributed by atoms with Gasteiger partial charge in [-0.05, 0) is 95.5 Å². The third kappa shape index (κ3) is 7.52. The van der Waals surface area contributed by atoms with Crippen LogP contribution in [0.2, 0.25) is 0 Å². The van der Waals surface area contributed by atoms with Gasteiger partial charge in [0.15, 0.2) is 11.7 Å². The first-order valence-corrected chi connectivity index (χ1v) is 17.1. The van der Waals surface area contributed by atoms with Gasteiger partial charge in [-0.2, -0.15) is 4.98 Å². The van der Waals surface area contributed by atoms with E-state index in [2.05, 4.69) is 33.6 Å². The van der Waals surface area contributed by atoms with E-state index in [4.69, 9.17) is 14.7 Å². The van der Waals surface area contributed by atoms with Gasteiger partial charge >= 0.3 is 6.03 Å². The molecule has 0 bridgehead atoms. The average molecular weight is 694 g/mol. The molecule has 4 aromatic rings. The zero-order valence-corrected chi connectivity index (χ0v) is 30.1. The SMILES string of the molecule is C=C(Nc1ccc(C)cc1)c1ccc(C)c(-c2nc(N3CCC(N(C)C(=C)OC(C)(C)C)CC3)nc3c2CNC(=O)N3c2c(F)cccc2F)c1. The molecule has 6 rings (SSSR count). The van der Waals surface area contributed by atoms with E-state index in [9.17, 15) is 4.79 Å². The van der Waals surface area contributed by atoms with Gasteiger partial charge in [0.25, 0.3) is 0 Å². The maximum absolute atomic E-state index is 15.3. The van der Waals surface area contributed by atoms with Crippen LogP contribution in [0.15, 0.2) is 79.7 Å². The van der Waals surface area contributed by atoms with Crippen molar-refractivity contribution in [2.45, 2.75) is 65.6 Å². The minimum Gasteiger partial charge on any atom is -0.474 e. The number of nitrogens with one attached hydrogen (secondary N) is 2. The molecular formula is C40H45F2N7O2. The Hall–Kier alpha value is -5.45. The number of para-hydroxylation sites is 1. The van der Waals surface area contributed by atoms with Gasteiger partial charge in [0.05, 0.1) is 12.2 Å². The van der Waals surface area contributed by atoms with Crippen molar-refractivity contribution in [1.82, 2.24) is 20.2 Å². The predicted molar refractivity (Wildman–Crippen MR) is 200 cm³/mol. The van der Waals surface area contributed by atoms with Crippen LogP contribution in [0, 0.1) is 25.5 Å². The zero-order chi connectivity index (χ0) is 36.6. The van der Waals surface area contributed by atoms with Crippen LogP contribution in [0.1, 0.15) is 55.9 Å². The molecule has 0 radical (unpaired) electrons. The first kappa shape index (κ1) is 35.4. The summed E-state index contributed by atoms with van der Waals surface area (Å²) >= 11 is 0. The van der Waals surface area contributed by atoms with Crippen LogP contribution in [0.4, 0.5) is 36.7 Å². The minimum absolute atomic E-state index is 0.0747. The quantitative estimate of drug-likeness (QED) is 0.170. The lowest BCUT2D eigenvalue weighted by Crippen LogP contribution is -2.45. The van der Waals surface area contributed by atoms with Gasteiger partial charge in [0, 0.05) is 48.7 Å². The van der Waals surface area contributed by atoms with Crippen LogP contribution in [0.5, 0.6) is 0 Å². The smallest absolute Gasteiger partial charge is 0.328 e. The molecule has 9 nitrogen and oxygen atoms in total. The molecule has 3 heterocycles. The number of nitrogens with zero attached hydrogens (tertiary/aromatic N) is 5. The van der Waals surface area contributed by atoms with E-state index in [1.54, 1.807) is 0 Å². The van der Waals surface area contributed by atoms with Gasteiger partial charge < -0.3 is 25.2 Å². The molecule has 2 aliphatic rings. The molecule has 0 atom stereocenters. The Morgan fingerprint density at radius 2 is 1.67 bits per heavy atom. The van der Waals surface area contributed by atoms with Crippen LogP contribution in [-0.4, -0.2) is 52.7 Å². The number of amides is 2. The normalized spacial score (nSPS) is 14.9. The number of benzene rings is 3. The molecule has 266 valence electrons. The number of piperidine rings is 1. The lowest BCUT2D eigenvalue weighted by molar-refractivity contribution is -0.00347. The van der Waals surface area contributed by atoms with E-state index >= 15 is 8.78 Å². The monoisotopic (exact) mass is 693 g/mol. The third-order valence-electron chi connectivity index (χ3n) is 9.27. The van der Waals surface area contributed by atoms with Crippen LogP contribution in [0.3, 0.4) is 0 Å². The van der Waals surface area contributed by atoms with E-state index in [-0.39, 0.29) is 24.0 Å². The van der Waals surface area contributed by atoms with Crippen molar-refractivity contribution in [3.05, 3.63) is 114 Å². The molecule has 1 fully saturated rings. The Bertz CT molecular complexity index is 1960. The zero-order valence-electron chi connectivity index (χ0n) is 30.1. The van der Waals surface area contributed by atoms with Gasteiger partial charge in [0.2, 0.25) is 5.95 Å². The fourth-order valence-corrected chi connectivity index (χ4v) is 6.45. The maximum Gasteiger partial charge on any atom is 0.328 e. The number of fused-ring (bicyclic) bond motifs is 1. The summed E-state index contributed by atoms with van der Waals surface area (Å²) in [5.41, 5.74) is 5.54. The van der Waals surface area contributed by atoms with Crippen LogP contribution in [-0.2, 0) is 11.3 Å². The standard InChI is InChI=1S/C40H45F2N7O2/c1-24-12-16-29(17-13-24)44-26(3)28-15-14-25(2)31(22-28)35-32-23-43-39(50)49(36-33(41)10-9-11-34(36)42)37(32)46-38(45-35)48-20-18-30(19-21-48)47(8)27(4)51-40(5,6)7/h9-17,22,30,44H,3-4,18-21,23H2,1-2,5-8H3,(H,43,50). The minimum atomic E-state index is -0.877. The molecule has 0 spiro atoms. The van der Waals surface area contributed by atoms with Crippen molar-refractivity contribution in [2.24, 2.45) is 0 Å². The number of ether oxygens (including phenoxy) is 1. The van der Waals surface area contributed by atoms with E-state index in [1.807, 2.05) is 84.1 Å². The van der Waals surface area contributed by atoms with E-state index < -0.39 is 23.4 Å².